The lowest BCUT2D eigenvalue weighted by molar-refractivity contribution is -0.137. The van der Waals surface area contributed by atoms with Gasteiger partial charge in [-0.3, -0.25) is 9.59 Å². The monoisotopic (exact) mass is 325 g/mol. The number of rotatable bonds is 6. The van der Waals surface area contributed by atoms with Gasteiger partial charge < -0.3 is 10.4 Å². The molecule has 0 spiro atoms. The van der Waals surface area contributed by atoms with Gasteiger partial charge in [0, 0.05) is 23.0 Å². The molecule has 0 radical (unpaired) electrons. The number of carbonyl (C=O) groups is 2. The van der Waals surface area contributed by atoms with Gasteiger partial charge in [0.25, 0.3) is 0 Å². The zero-order chi connectivity index (χ0) is 14.3. The first-order chi connectivity index (χ1) is 8.99. The van der Waals surface area contributed by atoms with Crippen LogP contribution in [0.5, 0.6) is 0 Å². The maximum Gasteiger partial charge on any atom is 0.303 e. The number of nitrogens with one attached hydrogen (secondary N) is 1. The number of amides is 1. The van der Waals surface area contributed by atoms with Crippen molar-refractivity contribution in [1.82, 2.24) is 5.32 Å². The molecule has 0 aliphatic heterocycles. The molecule has 1 aromatic carbocycles. The summed E-state index contributed by atoms with van der Waals surface area (Å²) in [6.45, 7) is 1.78. The molecule has 1 unspecified atom stereocenters. The first-order valence-electron chi connectivity index (χ1n) is 5.94. The molecule has 1 amide bonds. The number of hydrogen-bond donors (Lipinski definition) is 2. The first-order valence-corrected chi connectivity index (χ1v) is 6.73. The van der Waals surface area contributed by atoms with Crippen molar-refractivity contribution in [3.63, 3.8) is 0 Å². The van der Waals surface area contributed by atoms with E-state index in [1.165, 1.54) is 6.08 Å². The van der Waals surface area contributed by atoms with Crippen molar-refractivity contribution in [3.05, 3.63) is 40.4 Å². The summed E-state index contributed by atoms with van der Waals surface area (Å²) in [5.41, 5.74) is 0.913. The summed E-state index contributed by atoms with van der Waals surface area (Å²) in [7, 11) is 0. The zero-order valence-corrected chi connectivity index (χ0v) is 12.2. The van der Waals surface area contributed by atoms with Crippen LogP contribution >= 0.6 is 15.9 Å². The van der Waals surface area contributed by atoms with Crippen LogP contribution in [0.3, 0.4) is 0 Å². The highest BCUT2D eigenvalue weighted by Crippen LogP contribution is 2.16. The molecule has 19 heavy (non-hydrogen) atoms. The second-order valence-electron chi connectivity index (χ2n) is 4.20. The third kappa shape index (κ3) is 6.20. The predicted molar refractivity (Wildman–Crippen MR) is 77.7 cm³/mol. The Hall–Kier alpha value is -1.62. The largest absolute Gasteiger partial charge is 0.481 e. The van der Waals surface area contributed by atoms with E-state index in [0.29, 0.717) is 6.42 Å². The molecule has 0 saturated heterocycles. The van der Waals surface area contributed by atoms with Crippen LogP contribution in [0.1, 0.15) is 25.3 Å². The molecule has 102 valence electrons. The van der Waals surface area contributed by atoms with E-state index in [-0.39, 0.29) is 18.4 Å². The normalized spacial score (nSPS) is 12.3. The van der Waals surface area contributed by atoms with Gasteiger partial charge in [-0.15, -0.1) is 0 Å². The van der Waals surface area contributed by atoms with Gasteiger partial charge in [0.05, 0.1) is 0 Å². The van der Waals surface area contributed by atoms with Gasteiger partial charge in [0.1, 0.15) is 0 Å². The van der Waals surface area contributed by atoms with Gasteiger partial charge in [-0.1, -0.05) is 34.1 Å². The highest BCUT2D eigenvalue weighted by Gasteiger charge is 2.07. The fourth-order valence-corrected chi connectivity index (χ4v) is 1.90. The number of hydrogen-bond acceptors (Lipinski definition) is 2. The summed E-state index contributed by atoms with van der Waals surface area (Å²) in [6, 6.07) is 7.41. The van der Waals surface area contributed by atoms with Crippen LogP contribution in [0.25, 0.3) is 6.08 Å². The number of aliphatic carboxylic acids is 1. The second kappa shape index (κ2) is 7.74. The van der Waals surface area contributed by atoms with Crippen LogP contribution in [0.4, 0.5) is 0 Å². The van der Waals surface area contributed by atoms with E-state index < -0.39 is 5.97 Å². The molecule has 0 saturated carbocycles. The smallest absolute Gasteiger partial charge is 0.303 e. The van der Waals surface area contributed by atoms with E-state index in [9.17, 15) is 9.59 Å². The molecular weight excluding hydrogens is 310 g/mol. The molecule has 1 aromatic rings. The van der Waals surface area contributed by atoms with E-state index >= 15 is 0 Å². The van der Waals surface area contributed by atoms with Gasteiger partial charge in [-0.25, -0.2) is 0 Å². The SMILES string of the molecule is CC(CCC(=O)O)NC(=O)C=Cc1ccccc1Br. The Labute approximate surface area is 120 Å². The predicted octanol–water partition coefficient (Wildman–Crippen LogP) is 2.83. The van der Waals surface area contributed by atoms with Crippen molar-refractivity contribution in [2.45, 2.75) is 25.8 Å². The van der Waals surface area contributed by atoms with E-state index in [1.807, 2.05) is 24.3 Å². The summed E-state index contributed by atoms with van der Waals surface area (Å²) in [5.74, 6) is -1.08. The lowest BCUT2D eigenvalue weighted by atomic mass is 10.2. The molecular formula is C14H16BrNO3. The topological polar surface area (TPSA) is 66.4 Å². The number of halogens is 1. The molecule has 0 aliphatic carbocycles. The second-order valence-corrected chi connectivity index (χ2v) is 5.05. The first kappa shape index (κ1) is 15.4. The summed E-state index contributed by atoms with van der Waals surface area (Å²) < 4.78 is 0.915. The molecule has 4 nitrogen and oxygen atoms in total. The fourth-order valence-electron chi connectivity index (χ4n) is 1.48. The molecule has 0 bridgehead atoms. The molecule has 1 rings (SSSR count). The Morgan fingerprint density at radius 3 is 2.74 bits per heavy atom. The number of carboxylic acids is 1. The number of carboxylic acid groups (broad SMARTS) is 1. The van der Waals surface area contributed by atoms with E-state index in [4.69, 9.17) is 5.11 Å². The van der Waals surface area contributed by atoms with Crippen LogP contribution in [0.15, 0.2) is 34.8 Å². The Bertz CT molecular complexity index is 485. The maximum absolute atomic E-state index is 11.6. The molecule has 5 heteroatoms. The van der Waals surface area contributed by atoms with Gasteiger partial charge in [0.2, 0.25) is 5.91 Å². The van der Waals surface area contributed by atoms with Crippen molar-refractivity contribution in [2.24, 2.45) is 0 Å². The quantitative estimate of drug-likeness (QED) is 0.790. The standard InChI is InChI=1S/C14H16BrNO3/c1-10(6-9-14(18)19)16-13(17)8-7-11-4-2-3-5-12(11)15/h2-5,7-8,10H,6,9H2,1H3,(H,16,17)(H,18,19). The van der Waals surface area contributed by atoms with Crippen molar-refractivity contribution in [1.29, 1.82) is 0 Å². The fraction of sp³-hybridized carbons (Fsp3) is 0.286. The molecule has 2 N–H and O–H groups in total. The highest BCUT2D eigenvalue weighted by molar-refractivity contribution is 9.10. The Morgan fingerprint density at radius 2 is 2.11 bits per heavy atom. The number of benzene rings is 1. The average molecular weight is 326 g/mol. The van der Waals surface area contributed by atoms with Gasteiger partial charge in [-0.2, -0.15) is 0 Å². The minimum Gasteiger partial charge on any atom is -0.481 e. The third-order valence-corrected chi connectivity index (χ3v) is 3.22. The Morgan fingerprint density at radius 1 is 1.42 bits per heavy atom. The minimum atomic E-state index is -0.857. The molecule has 0 aromatic heterocycles. The lowest BCUT2D eigenvalue weighted by Gasteiger charge is -2.10. The average Bonchev–Trinajstić information content (AvgIpc) is 2.35. The zero-order valence-electron chi connectivity index (χ0n) is 10.6. The maximum atomic E-state index is 11.6. The lowest BCUT2D eigenvalue weighted by Crippen LogP contribution is -2.31. The van der Waals surface area contributed by atoms with Crippen LogP contribution in [-0.2, 0) is 9.59 Å². The van der Waals surface area contributed by atoms with Crippen molar-refractivity contribution in [2.75, 3.05) is 0 Å². The Balaban J connectivity index is 2.47. The number of carbonyl (C=O) groups excluding carboxylic acids is 1. The summed E-state index contributed by atoms with van der Waals surface area (Å²) in [4.78, 5) is 22.0. The minimum absolute atomic E-state index is 0.0510. The molecule has 1 atom stereocenters. The van der Waals surface area contributed by atoms with Crippen molar-refractivity contribution < 1.29 is 14.7 Å². The third-order valence-electron chi connectivity index (χ3n) is 2.50. The van der Waals surface area contributed by atoms with Crippen LogP contribution in [0, 0.1) is 0 Å². The van der Waals surface area contributed by atoms with Crippen molar-refractivity contribution >= 4 is 33.9 Å². The Kier molecular flexibility index (Phi) is 6.29. The highest BCUT2D eigenvalue weighted by atomic mass is 79.9. The summed E-state index contributed by atoms with van der Waals surface area (Å²) in [6.07, 6.45) is 3.63. The van der Waals surface area contributed by atoms with Crippen LogP contribution in [0.2, 0.25) is 0 Å². The van der Waals surface area contributed by atoms with Crippen LogP contribution in [-0.4, -0.2) is 23.0 Å². The van der Waals surface area contributed by atoms with E-state index in [0.717, 1.165) is 10.0 Å². The van der Waals surface area contributed by atoms with Crippen molar-refractivity contribution in [3.8, 4) is 0 Å². The van der Waals surface area contributed by atoms with Gasteiger partial charge in [-0.05, 0) is 31.1 Å². The van der Waals surface area contributed by atoms with E-state index in [1.54, 1.807) is 13.0 Å². The molecule has 0 heterocycles. The molecule has 0 fully saturated rings. The summed E-state index contributed by atoms with van der Waals surface area (Å²) in [5, 5.41) is 11.3. The van der Waals surface area contributed by atoms with Gasteiger partial charge >= 0.3 is 5.97 Å². The molecule has 0 aliphatic rings. The van der Waals surface area contributed by atoms with E-state index in [2.05, 4.69) is 21.2 Å². The summed E-state index contributed by atoms with van der Waals surface area (Å²) >= 11 is 3.39. The van der Waals surface area contributed by atoms with Crippen LogP contribution < -0.4 is 5.32 Å². The van der Waals surface area contributed by atoms with Gasteiger partial charge in [0.15, 0.2) is 0 Å².